The number of sulfone groups is 1. The molecule has 0 fully saturated rings. The van der Waals surface area contributed by atoms with Crippen LogP contribution in [0, 0.1) is 0 Å². The lowest BCUT2D eigenvalue weighted by molar-refractivity contribution is 0.295. The van der Waals surface area contributed by atoms with Gasteiger partial charge in [0, 0.05) is 0 Å². The number of aliphatic hydroxyl groups is 1. The van der Waals surface area contributed by atoms with E-state index in [4.69, 9.17) is 5.11 Å². The first kappa shape index (κ1) is 24.9. The van der Waals surface area contributed by atoms with Crippen LogP contribution in [0.15, 0.2) is 0 Å². The Morgan fingerprint density at radius 1 is 0.640 bits per heavy atom. The average Bonchev–Trinajstić information content (AvgIpc) is 2.60. The summed E-state index contributed by atoms with van der Waals surface area (Å²) in [7, 11) is -3.16. The van der Waals surface area contributed by atoms with Gasteiger partial charge in [-0.15, -0.1) is 0 Å². The summed E-state index contributed by atoms with van der Waals surface area (Å²) >= 11 is 0. The second-order valence-corrected chi connectivity index (χ2v) is 10.6. The molecule has 0 aromatic heterocycles. The number of rotatable bonds is 18. The van der Waals surface area contributed by atoms with Crippen LogP contribution < -0.4 is 0 Å². The minimum atomic E-state index is -3.16. The van der Waals surface area contributed by atoms with E-state index in [0.29, 0.717) is 0 Å². The van der Waals surface area contributed by atoms with Crippen molar-refractivity contribution in [2.24, 2.45) is 0 Å². The molecule has 0 aliphatic heterocycles. The molecule has 4 heteroatoms. The summed E-state index contributed by atoms with van der Waals surface area (Å²) in [6, 6.07) is 0. The Bertz CT molecular complexity index is 379. The molecule has 0 heterocycles. The Hall–Kier alpha value is -0.0900. The first-order chi connectivity index (χ1) is 12.0. The summed E-state index contributed by atoms with van der Waals surface area (Å²) in [6.45, 7) is 5.37. The van der Waals surface area contributed by atoms with Crippen molar-refractivity contribution in [1.29, 1.82) is 0 Å². The zero-order valence-electron chi connectivity index (χ0n) is 17.1. The molecule has 0 spiro atoms. The molecule has 0 aliphatic carbocycles. The van der Waals surface area contributed by atoms with E-state index in [1.54, 1.807) is 13.8 Å². The summed E-state index contributed by atoms with van der Waals surface area (Å²) in [4.78, 5) is 0. The van der Waals surface area contributed by atoms with Gasteiger partial charge in [0.1, 0.15) is 0 Å². The molecular weight excluding hydrogens is 332 g/mol. The van der Waals surface area contributed by atoms with Gasteiger partial charge in [0.25, 0.3) is 0 Å². The second-order valence-electron chi connectivity index (χ2n) is 7.78. The van der Waals surface area contributed by atoms with Crippen molar-refractivity contribution in [2.75, 3.05) is 6.61 Å². The zero-order chi connectivity index (χ0) is 19.0. The van der Waals surface area contributed by atoms with Gasteiger partial charge in [-0.25, -0.2) is 8.42 Å². The molecule has 0 rings (SSSR count). The van der Waals surface area contributed by atoms with Crippen molar-refractivity contribution in [3.05, 3.63) is 0 Å². The van der Waals surface area contributed by atoms with E-state index in [1.807, 2.05) is 0 Å². The van der Waals surface area contributed by atoms with Gasteiger partial charge in [-0.05, 0) is 20.3 Å². The summed E-state index contributed by atoms with van der Waals surface area (Å²) < 4.78 is 24.1. The lowest BCUT2D eigenvalue weighted by Crippen LogP contribution is -2.30. The Kier molecular flexibility index (Phi) is 16.1. The largest absolute Gasteiger partial charge is 0.395 e. The molecule has 0 aromatic carbocycles. The lowest BCUT2D eigenvalue weighted by Gasteiger charge is -2.16. The van der Waals surface area contributed by atoms with Gasteiger partial charge in [0.15, 0.2) is 9.84 Å². The predicted molar refractivity (Wildman–Crippen MR) is 110 cm³/mol. The van der Waals surface area contributed by atoms with Gasteiger partial charge in [-0.2, -0.15) is 0 Å². The first-order valence-electron chi connectivity index (χ1n) is 10.8. The quantitative estimate of drug-likeness (QED) is 0.297. The van der Waals surface area contributed by atoms with Crippen molar-refractivity contribution in [1.82, 2.24) is 0 Å². The molecule has 0 saturated carbocycles. The molecular formula is C21H44O3S. The van der Waals surface area contributed by atoms with Crippen molar-refractivity contribution in [3.63, 3.8) is 0 Å². The van der Waals surface area contributed by atoms with Crippen molar-refractivity contribution >= 4 is 9.84 Å². The van der Waals surface area contributed by atoms with E-state index < -0.39 is 15.1 Å². The van der Waals surface area contributed by atoms with Crippen LogP contribution in [0.5, 0.6) is 0 Å². The fourth-order valence-electron chi connectivity index (χ4n) is 3.29. The Morgan fingerprint density at radius 2 is 1.00 bits per heavy atom. The molecule has 1 N–H and O–H groups in total. The van der Waals surface area contributed by atoms with Crippen LogP contribution in [0.25, 0.3) is 0 Å². The third-order valence-corrected chi connectivity index (χ3v) is 7.97. The van der Waals surface area contributed by atoms with Crippen molar-refractivity contribution in [2.45, 2.75) is 128 Å². The summed E-state index contributed by atoms with van der Waals surface area (Å²) in [5.41, 5.74) is 0. The summed E-state index contributed by atoms with van der Waals surface area (Å²) in [5, 5.41) is 8.08. The third kappa shape index (κ3) is 12.8. The molecule has 25 heavy (non-hydrogen) atoms. The van der Waals surface area contributed by atoms with E-state index in [-0.39, 0.29) is 11.9 Å². The van der Waals surface area contributed by atoms with Crippen molar-refractivity contribution in [3.8, 4) is 0 Å². The standard InChI is InChI=1S/C21H44O3S/c1-4-5-6-7-8-9-10-11-12-13-14-15-16-17-18-20(2)25(23,24)21(3)19-22/h20-22H,4-19H2,1-3H3. The maximum atomic E-state index is 12.1. The highest BCUT2D eigenvalue weighted by Gasteiger charge is 2.26. The molecule has 0 aromatic rings. The molecule has 0 aliphatic rings. The Morgan fingerprint density at radius 3 is 1.36 bits per heavy atom. The van der Waals surface area contributed by atoms with Gasteiger partial charge in [-0.1, -0.05) is 96.8 Å². The highest BCUT2D eigenvalue weighted by molar-refractivity contribution is 7.92. The topological polar surface area (TPSA) is 54.4 Å². The number of hydrogen-bond donors (Lipinski definition) is 1. The van der Waals surface area contributed by atoms with Crippen LogP contribution in [0.3, 0.4) is 0 Å². The molecule has 0 saturated heterocycles. The SMILES string of the molecule is CCCCCCCCCCCCCCCCC(C)S(=O)(=O)C(C)CO. The molecule has 152 valence electrons. The van der Waals surface area contributed by atoms with E-state index in [2.05, 4.69) is 6.92 Å². The lowest BCUT2D eigenvalue weighted by atomic mass is 10.0. The fourth-order valence-corrected chi connectivity index (χ4v) is 4.79. The van der Waals surface area contributed by atoms with Gasteiger partial charge in [0.05, 0.1) is 17.1 Å². The van der Waals surface area contributed by atoms with E-state index in [1.165, 1.54) is 77.0 Å². The Labute approximate surface area is 157 Å². The minimum Gasteiger partial charge on any atom is -0.395 e. The summed E-state index contributed by atoms with van der Waals surface area (Å²) in [5.74, 6) is 0. The molecule has 2 atom stereocenters. The van der Waals surface area contributed by atoms with E-state index in [0.717, 1.165) is 19.3 Å². The van der Waals surface area contributed by atoms with Gasteiger partial charge in [-0.3, -0.25) is 0 Å². The van der Waals surface area contributed by atoms with Gasteiger partial charge in [0.2, 0.25) is 0 Å². The van der Waals surface area contributed by atoms with Gasteiger partial charge >= 0.3 is 0 Å². The van der Waals surface area contributed by atoms with Crippen LogP contribution in [0.4, 0.5) is 0 Å². The maximum absolute atomic E-state index is 12.1. The Balaban J connectivity index is 3.39. The highest BCUT2D eigenvalue weighted by Crippen LogP contribution is 2.17. The van der Waals surface area contributed by atoms with E-state index in [9.17, 15) is 8.42 Å². The van der Waals surface area contributed by atoms with Crippen LogP contribution in [0.1, 0.15) is 117 Å². The van der Waals surface area contributed by atoms with Crippen LogP contribution in [0.2, 0.25) is 0 Å². The third-order valence-electron chi connectivity index (χ3n) is 5.34. The molecule has 0 bridgehead atoms. The van der Waals surface area contributed by atoms with Gasteiger partial charge < -0.3 is 5.11 Å². The average molecular weight is 377 g/mol. The molecule has 0 radical (unpaired) electrons. The smallest absolute Gasteiger partial charge is 0.157 e. The normalized spacial score (nSPS) is 14.6. The molecule has 0 amide bonds. The van der Waals surface area contributed by atoms with Crippen LogP contribution >= 0.6 is 0 Å². The van der Waals surface area contributed by atoms with Crippen LogP contribution in [-0.2, 0) is 9.84 Å². The molecule has 3 nitrogen and oxygen atoms in total. The number of aliphatic hydroxyl groups excluding tert-OH is 1. The molecule has 2 unspecified atom stereocenters. The second kappa shape index (κ2) is 16.1. The number of hydrogen-bond acceptors (Lipinski definition) is 3. The minimum absolute atomic E-state index is 0.272. The maximum Gasteiger partial charge on any atom is 0.157 e. The fraction of sp³-hybridized carbons (Fsp3) is 1.00. The number of unbranched alkanes of at least 4 members (excludes halogenated alkanes) is 13. The highest BCUT2D eigenvalue weighted by atomic mass is 32.2. The first-order valence-corrected chi connectivity index (χ1v) is 12.4. The van der Waals surface area contributed by atoms with E-state index >= 15 is 0 Å². The zero-order valence-corrected chi connectivity index (χ0v) is 18.0. The van der Waals surface area contributed by atoms with Crippen molar-refractivity contribution < 1.29 is 13.5 Å². The predicted octanol–water partition coefficient (Wildman–Crippen LogP) is 6.04. The monoisotopic (exact) mass is 376 g/mol. The summed E-state index contributed by atoms with van der Waals surface area (Å²) in [6.07, 6.45) is 19.2. The van der Waals surface area contributed by atoms with Crippen LogP contribution in [-0.4, -0.2) is 30.6 Å².